The second-order valence-corrected chi connectivity index (χ2v) is 5.56. The molecule has 1 aromatic heterocycles. The molecule has 1 aromatic carbocycles. The van der Waals surface area contributed by atoms with Crippen molar-refractivity contribution < 1.29 is 14.3 Å². The molecule has 100 valence electrons. The van der Waals surface area contributed by atoms with E-state index in [1.165, 1.54) is 16.0 Å². The van der Waals surface area contributed by atoms with Gasteiger partial charge in [0.1, 0.15) is 17.1 Å². The Balaban J connectivity index is 2.12. The Morgan fingerprint density at radius 3 is 2.63 bits per heavy atom. The molecule has 19 heavy (non-hydrogen) atoms. The van der Waals surface area contributed by atoms with Crippen LogP contribution in [0.2, 0.25) is 0 Å². The highest BCUT2D eigenvalue weighted by Gasteiger charge is 2.13. The van der Waals surface area contributed by atoms with Crippen molar-refractivity contribution in [2.45, 2.75) is 31.4 Å². The van der Waals surface area contributed by atoms with Gasteiger partial charge in [-0.05, 0) is 38.5 Å². The van der Waals surface area contributed by atoms with Gasteiger partial charge in [0, 0.05) is 4.90 Å². The first-order chi connectivity index (χ1) is 8.97. The van der Waals surface area contributed by atoms with Crippen molar-refractivity contribution in [3.05, 3.63) is 52.5 Å². The first-order valence-corrected chi connectivity index (χ1v) is 6.98. The van der Waals surface area contributed by atoms with E-state index in [1.807, 2.05) is 0 Å². The quantitative estimate of drug-likeness (QED) is 0.850. The third-order valence-corrected chi connectivity index (χ3v) is 4.09. The fourth-order valence-corrected chi connectivity index (χ4v) is 2.84. The number of carboxylic acids is 1. The summed E-state index contributed by atoms with van der Waals surface area (Å²) in [5, 5.41) is 8.98. The van der Waals surface area contributed by atoms with Crippen LogP contribution in [0.1, 0.15) is 33.0 Å². The molecule has 3 nitrogen and oxygen atoms in total. The normalized spacial score (nSPS) is 10.7. The molecule has 1 heterocycles. The van der Waals surface area contributed by atoms with Crippen LogP contribution in [0.15, 0.2) is 33.6 Å². The predicted octanol–water partition coefficient (Wildman–Crippen LogP) is 4.20. The molecule has 0 amide bonds. The van der Waals surface area contributed by atoms with Gasteiger partial charge in [0.25, 0.3) is 0 Å². The molecule has 0 saturated heterocycles. The number of hydrogen-bond donors (Lipinski definition) is 1. The van der Waals surface area contributed by atoms with Gasteiger partial charge >= 0.3 is 5.97 Å². The number of benzene rings is 1. The van der Waals surface area contributed by atoms with E-state index in [9.17, 15) is 4.79 Å². The van der Waals surface area contributed by atoms with E-state index >= 15 is 0 Å². The average molecular weight is 276 g/mol. The van der Waals surface area contributed by atoms with Crippen molar-refractivity contribution in [3.8, 4) is 0 Å². The van der Waals surface area contributed by atoms with Crippen LogP contribution in [0.25, 0.3) is 0 Å². The zero-order chi connectivity index (χ0) is 14.0. The molecule has 0 fully saturated rings. The van der Waals surface area contributed by atoms with Crippen molar-refractivity contribution in [2.24, 2.45) is 0 Å². The summed E-state index contributed by atoms with van der Waals surface area (Å²) < 4.78 is 5.47. The molecule has 0 spiro atoms. The van der Waals surface area contributed by atoms with Gasteiger partial charge in [-0.3, -0.25) is 0 Å². The van der Waals surface area contributed by atoms with Crippen LogP contribution >= 0.6 is 11.8 Å². The average Bonchev–Trinajstić information content (AvgIpc) is 2.72. The molecule has 0 aliphatic rings. The lowest BCUT2D eigenvalue weighted by Crippen LogP contribution is -1.94. The number of hydrogen-bond acceptors (Lipinski definition) is 3. The van der Waals surface area contributed by atoms with Crippen LogP contribution in [-0.2, 0) is 5.75 Å². The summed E-state index contributed by atoms with van der Waals surface area (Å²) >= 11 is 1.66. The van der Waals surface area contributed by atoms with Gasteiger partial charge in [-0.2, -0.15) is 0 Å². The Bertz CT molecular complexity index is 614. The number of furan rings is 1. The Morgan fingerprint density at radius 2 is 2.00 bits per heavy atom. The minimum atomic E-state index is -0.941. The molecule has 0 radical (unpaired) electrons. The summed E-state index contributed by atoms with van der Waals surface area (Å²) in [6.07, 6.45) is 0. The molecule has 0 unspecified atom stereocenters. The van der Waals surface area contributed by atoms with Gasteiger partial charge in [0.2, 0.25) is 0 Å². The minimum absolute atomic E-state index is 0.247. The monoisotopic (exact) mass is 276 g/mol. The Morgan fingerprint density at radius 1 is 1.26 bits per heavy atom. The highest BCUT2D eigenvalue weighted by Crippen LogP contribution is 2.28. The number of aryl methyl sites for hydroxylation is 3. The highest BCUT2D eigenvalue weighted by molar-refractivity contribution is 7.98. The summed E-state index contributed by atoms with van der Waals surface area (Å²) in [6, 6.07) is 7.91. The van der Waals surface area contributed by atoms with Gasteiger partial charge in [0.15, 0.2) is 0 Å². The molecule has 2 rings (SSSR count). The third-order valence-electron chi connectivity index (χ3n) is 2.91. The Labute approximate surface area is 116 Å². The van der Waals surface area contributed by atoms with Crippen LogP contribution in [0, 0.1) is 20.8 Å². The van der Waals surface area contributed by atoms with Gasteiger partial charge < -0.3 is 9.52 Å². The van der Waals surface area contributed by atoms with Crippen LogP contribution in [0.5, 0.6) is 0 Å². The first kappa shape index (κ1) is 13.7. The molecule has 0 saturated carbocycles. The molecule has 4 heteroatoms. The summed E-state index contributed by atoms with van der Waals surface area (Å²) in [6.45, 7) is 5.80. The molecule has 0 aliphatic heterocycles. The standard InChI is InChI=1S/C15H16O3S/c1-9-4-5-10(2)14(6-9)19-8-12-7-13(15(16)17)11(3)18-12/h4-7H,8H2,1-3H3,(H,16,17). The molecule has 1 N–H and O–H groups in total. The minimum Gasteiger partial charge on any atom is -0.478 e. The zero-order valence-corrected chi connectivity index (χ0v) is 12.0. The van der Waals surface area contributed by atoms with E-state index in [0.29, 0.717) is 17.3 Å². The van der Waals surface area contributed by atoms with Gasteiger partial charge in [-0.25, -0.2) is 4.79 Å². The number of aromatic carboxylic acids is 1. The van der Waals surface area contributed by atoms with Crippen molar-refractivity contribution in [2.75, 3.05) is 0 Å². The molecule has 0 aliphatic carbocycles. The largest absolute Gasteiger partial charge is 0.478 e. The summed E-state index contributed by atoms with van der Waals surface area (Å²) in [5.41, 5.74) is 2.68. The zero-order valence-electron chi connectivity index (χ0n) is 11.2. The van der Waals surface area contributed by atoms with Crippen LogP contribution < -0.4 is 0 Å². The topological polar surface area (TPSA) is 50.4 Å². The molecular formula is C15H16O3S. The van der Waals surface area contributed by atoms with Gasteiger partial charge in [-0.15, -0.1) is 11.8 Å². The molecular weight excluding hydrogens is 260 g/mol. The molecule has 0 bridgehead atoms. The van der Waals surface area contributed by atoms with E-state index in [2.05, 4.69) is 32.0 Å². The maximum Gasteiger partial charge on any atom is 0.339 e. The smallest absolute Gasteiger partial charge is 0.339 e. The SMILES string of the molecule is Cc1ccc(C)c(SCc2cc(C(=O)O)c(C)o2)c1. The van der Waals surface area contributed by atoms with Crippen LogP contribution in [-0.4, -0.2) is 11.1 Å². The van der Waals surface area contributed by atoms with Gasteiger partial charge in [-0.1, -0.05) is 17.7 Å². The summed E-state index contributed by atoms with van der Waals surface area (Å²) in [4.78, 5) is 12.1. The van der Waals surface area contributed by atoms with E-state index in [-0.39, 0.29) is 5.56 Å². The molecule has 2 aromatic rings. The summed E-state index contributed by atoms with van der Waals surface area (Å²) in [7, 11) is 0. The fourth-order valence-electron chi connectivity index (χ4n) is 1.84. The van der Waals surface area contributed by atoms with E-state index in [4.69, 9.17) is 9.52 Å². The maximum atomic E-state index is 10.9. The number of rotatable bonds is 4. The highest BCUT2D eigenvalue weighted by atomic mass is 32.2. The third kappa shape index (κ3) is 3.20. The number of carbonyl (C=O) groups is 1. The fraction of sp³-hybridized carbons (Fsp3) is 0.267. The molecule has 0 atom stereocenters. The van der Waals surface area contributed by atoms with Crippen molar-refractivity contribution in [1.82, 2.24) is 0 Å². The Kier molecular flexibility index (Phi) is 4.00. The number of carboxylic acid groups (broad SMARTS) is 1. The van der Waals surface area contributed by atoms with Crippen LogP contribution in [0.3, 0.4) is 0 Å². The lowest BCUT2D eigenvalue weighted by atomic mass is 10.2. The first-order valence-electron chi connectivity index (χ1n) is 6.00. The van der Waals surface area contributed by atoms with Crippen LogP contribution in [0.4, 0.5) is 0 Å². The number of thioether (sulfide) groups is 1. The van der Waals surface area contributed by atoms with E-state index < -0.39 is 5.97 Å². The summed E-state index contributed by atoms with van der Waals surface area (Å²) in [5.74, 6) is 0.854. The second kappa shape index (κ2) is 5.53. The van der Waals surface area contributed by atoms with Gasteiger partial charge in [0.05, 0.1) is 5.75 Å². The van der Waals surface area contributed by atoms with Crippen molar-refractivity contribution in [1.29, 1.82) is 0 Å². The maximum absolute atomic E-state index is 10.9. The van der Waals surface area contributed by atoms with E-state index in [0.717, 1.165) is 0 Å². The van der Waals surface area contributed by atoms with E-state index in [1.54, 1.807) is 24.8 Å². The predicted molar refractivity (Wildman–Crippen MR) is 75.9 cm³/mol. The lowest BCUT2D eigenvalue weighted by Gasteiger charge is -2.05. The van der Waals surface area contributed by atoms with Crippen molar-refractivity contribution >= 4 is 17.7 Å². The Hall–Kier alpha value is -1.68. The van der Waals surface area contributed by atoms with Crippen molar-refractivity contribution in [3.63, 3.8) is 0 Å². The second-order valence-electron chi connectivity index (χ2n) is 4.55. The lowest BCUT2D eigenvalue weighted by molar-refractivity contribution is 0.0695.